The molecule has 2 fully saturated rings. The van der Waals surface area contributed by atoms with Crippen molar-refractivity contribution in [2.75, 3.05) is 32.7 Å². The highest BCUT2D eigenvalue weighted by Crippen LogP contribution is 2.34. The number of carbonyl (C=O) groups is 1. The Labute approximate surface area is 212 Å². The van der Waals surface area contributed by atoms with Gasteiger partial charge in [0.2, 0.25) is 5.91 Å². The van der Waals surface area contributed by atoms with Gasteiger partial charge in [-0.15, -0.1) is 0 Å². The van der Waals surface area contributed by atoms with E-state index >= 15 is 0 Å². The van der Waals surface area contributed by atoms with E-state index in [1.54, 1.807) is 12.1 Å². The average molecular weight is 523 g/mol. The van der Waals surface area contributed by atoms with Crippen molar-refractivity contribution in [2.45, 2.75) is 43.0 Å². The van der Waals surface area contributed by atoms with E-state index < -0.39 is 40.7 Å². The summed E-state index contributed by atoms with van der Waals surface area (Å²) in [6, 6.07) is 7.35. The van der Waals surface area contributed by atoms with Crippen LogP contribution in [0.3, 0.4) is 0 Å². The molecule has 0 radical (unpaired) electrons. The van der Waals surface area contributed by atoms with Crippen molar-refractivity contribution < 1.29 is 37.7 Å². The Morgan fingerprint density at radius 3 is 2.05 bits per heavy atom. The average Bonchev–Trinajstić information content (AvgIpc) is 2.88. The molecule has 2 aromatic rings. The first-order valence-electron chi connectivity index (χ1n) is 12.2. The lowest BCUT2D eigenvalue weighted by atomic mass is 9.83. The molecular weight excluding hydrogens is 492 g/mol. The van der Waals surface area contributed by atoms with Crippen LogP contribution in [0, 0.1) is 23.3 Å². The molecule has 0 saturated carbocycles. The minimum Gasteiger partial charge on any atom is -0.389 e. The Morgan fingerprint density at radius 2 is 1.49 bits per heavy atom. The van der Waals surface area contributed by atoms with Gasteiger partial charge in [-0.05, 0) is 67.2 Å². The van der Waals surface area contributed by atoms with Gasteiger partial charge in [-0.1, -0.05) is 12.1 Å². The number of halogens is 4. The normalized spacial score (nSPS) is 20.8. The summed E-state index contributed by atoms with van der Waals surface area (Å²) in [4.78, 5) is 15.9. The van der Waals surface area contributed by atoms with Crippen molar-refractivity contribution >= 4 is 12.0 Å². The Bertz CT molecular complexity index is 1120. The zero-order valence-electron chi connectivity index (χ0n) is 20.2. The lowest BCUT2D eigenvalue weighted by Crippen LogP contribution is -2.56. The molecule has 3 N–H and O–H groups in total. The zero-order chi connectivity index (χ0) is 26.8. The fraction of sp³-hybridized carbons (Fsp3) is 0.444. The lowest BCUT2D eigenvalue weighted by molar-refractivity contribution is -0.141. The van der Waals surface area contributed by atoms with Gasteiger partial charge >= 0.3 is 0 Å². The second-order valence-corrected chi connectivity index (χ2v) is 9.92. The first kappa shape index (κ1) is 27.3. The quantitative estimate of drug-likeness (QED) is 0.309. The molecule has 6 nitrogen and oxygen atoms in total. The summed E-state index contributed by atoms with van der Waals surface area (Å²) in [7, 11) is 0. The third kappa shape index (κ3) is 6.20. The topological polar surface area (TPSA) is 84.2 Å². The van der Waals surface area contributed by atoms with E-state index in [0.717, 1.165) is 18.2 Å². The van der Waals surface area contributed by atoms with Crippen LogP contribution in [-0.4, -0.2) is 75.5 Å². The van der Waals surface area contributed by atoms with Gasteiger partial charge in [0.05, 0.1) is 17.3 Å². The van der Waals surface area contributed by atoms with Crippen molar-refractivity contribution in [3.05, 3.63) is 76.9 Å². The third-order valence-electron chi connectivity index (χ3n) is 7.48. The van der Waals surface area contributed by atoms with E-state index in [1.165, 1.54) is 23.1 Å². The molecule has 2 saturated heterocycles. The smallest absolute Gasteiger partial charge is 0.246 e. The number of likely N-dealkylation sites (tertiary alicyclic amines) is 2. The molecule has 2 aromatic carbocycles. The number of benzene rings is 2. The molecule has 1 unspecified atom stereocenters. The van der Waals surface area contributed by atoms with Crippen molar-refractivity contribution in [3.63, 3.8) is 0 Å². The molecule has 0 aliphatic carbocycles. The number of aliphatic hydroxyl groups is 3. The van der Waals surface area contributed by atoms with Gasteiger partial charge in [-0.2, -0.15) is 0 Å². The summed E-state index contributed by atoms with van der Waals surface area (Å²) in [5, 5.41) is 32.8. The molecule has 2 heterocycles. The fourth-order valence-electron chi connectivity index (χ4n) is 4.96. The maximum atomic E-state index is 13.4. The number of aliphatic hydroxyl groups excluding tert-OH is 1. The van der Waals surface area contributed by atoms with Crippen LogP contribution in [0.4, 0.5) is 17.6 Å². The second kappa shape index (κ2) is 10.9. The SMILES string of the molecule is O=C(C=Cc1cc(F)c(F)c(F)c1)N1CCC(O)(C(O)CN2CCC(O)(c3ccc(F)cc3)CC2)CC1. The first-order chi connectivity index (χ1) is 17.5. The summed E-state index contributed by atoms with van der Waals surface area (Å²) >= 11 is 0. The molecule has 0 bridgehead atoms. The van der Waals surface area contributed by atoms with Crippen LogP contribution >= 0.6 is 0 Å². The molecule has 0 aromatic heterocycles. The molecule has 1 amide bonds. The highest BCUT2D eigenvalue weighted by molar-refractivity contribution is 5.91. The van der Waals surface area contributed by atoms with Gasteiger partial charge < -0.3 is 25.1 Å². The molecule has 37 heavy (non-hydrogen) atoms. The number of amides is 1. The van der Waals surface area contributed by atoms with Crippen molar-refractivity contribution in [1.82, 2.24) is 9.80 Å². The minimum absolute atomic E-state index is 0.00143. The van der Waals surface area contributed by atoms with Crippen LogP contribution in [0.15, 0.2) is 42.5 Å². The van der Waals surface area contributed by atoms with Gasteiger partial charge in [0.1, 0.15) is 5.82 Å². The summed E-state index contributed by atoms with van der Waals surface area (Å²) in [5.74, 6) is -5.08. The van der Waals surface area contributed by atoms with E-state index in [2.05, 4.69) is 0 Å². The Balaban J connectivity index is 1.27. The highest BCUT2D eigenvalue weighted by atomic mass is 19.2. The summed E-state index contributed by atoms with van der Waals surface area (Å²) in [5.41, 5.74) is -1.82. The van der Waals surface area contributed by atoms with Crippen molar-refractivity contribution in [2.24, 2.45) is 0 Å². The van der Waals surface area contributed by atoms with Crippen molar-refractivity contribution in [3.8, 4) is 0 Å². The van der Waals surface area contributed by atoms with Gasteiger partial charge in [-0.3, -0.25) is 4.79 Å². The van der Waals surface area contributed by atoms with Crippen LogP contribution in [0.25, 0.3) is 6.08 Å². The molecule has 0 spiro atoms. The molecule has 4 rings (SSSR count). The molecule has 200 valence electrons. The lowest BCUT2D eigenvalue weighted by Gasteiger charge is -2.44. The second-order valence-electron chi connectivity index (χ2n) is 9.92. The molecule has 2 aliphatic heterocycles. The number of nitrogens with zero attached hydrogens (tertiary/aromatic N) is 2. The highest BCUT2D eigenvalue weighted by Gasteiger charge is 2.42. The molecular formula is C27H30F4N2O4. The Kier molecular flexibility index (Phi) is 8.03. The van der Waals surface area contributed by atoms with Crippen LogP contribution in [0.5, 0.6) is 0 Å². The predicted molar refractivity (Wildman–Crippen MR) is 128 cm³/mol. The third-order valence-corrected chi connectivity index (χ3v) is 7.48. The monoisotopic (exact) mass is 522 g/mol. The summed E-state index contributed by atoms with van der Waals surface area (Å²) < 4.78 is 53.0. The van der Waals surface area contributed by atoms with Crippen LogP contribution in [0.1, 0.15) is 36.8 Å². The maximum Gasteiger partial charge on any atom is 0.246 e. The number of hydrogen-bond donors (Lipinski definition) is 3. The van der Waals surface area contributed by atoms with Gasteiger partial charge in [0, 0.05) is 38.8 Å². The van der Waals surface area contributed by atoms with Crippen LogP contribution in [-0.2, 0) is 10.4 Å². The molecule has 10 heteroatoms. The van der Waals surface area contributed by atoms with Crippen LogP contribution < -0.4 is 0 Å². The largest absolute Gasteiger partial charge is 0.389 e. The molecule has 1 atom stereocenters. The van der Waals surface area contributed by atoms with E-state index in [9.17, 15) is 37.7 Å². The summed E-state index contributed by atoms with van der Waals surface area (Å²) in [6.45, 7) is 1.52. The number of piperidine rings is 2. The summed E-state index contributed by atoms with van der Waals surface area (Å²) in [6.07, 6.45) is 2.33. The van der Waals surface area contributed by atoms with Crippen molar-refractivity contribution in [1.29, 1.82) is 0 Å². The number of carbonyl (C=O) groups excluding carboxylic acids is 1. The van der Waals surface area contributed by atoms with E-state index in [1.807, 2.05) is 4.90 Å². The van der Waals surface area contributed by atoms with E-state index in [4.69, 9.17) is 0 Å². The van der Waals surface area contributed by atoms with Gasteiger partial charge in [0.15, 0.2) is 17.5 Å². The number of rotatable bonds is 6. The Morgan fingerprint density at radius 1 is 0.919 bits per heavy atom. The Hall–Kier alpha value is -2.79. The first-order valence-corrected chi connectivity index (χ1v) is 12.2. The van der Waals surface area contributed by atoms with Crippen LogP contribution in [0.2, 0.25) is 0 Å². The zero-order valence-corrected chi connectivity index (χ0v) is 20.2. The predicted octanol–water partition coefficient (Wildman–Crippen LogP) is 2.95. The number of hydrogen-bond acceptors (Lipinski definition) is 5. The van der Waals surface area contributed by atoms with E-state index in [0.29, 0.717) is 31.5 Å². The van der Waals surface area contributed by atoms with Gasteiger partial charge in [-0.25, -0.2) is 17.6 Å². The number of β-amino-alcohol motifs (C(OH)–C–C–N with tert-alkyl or cyclic N) is 1. The minimum atomic E-state index is -1.58. The van der Waals surface area contributed by atoms with Gasteiger partial charge in [0.25, 0.3) is 0 Å². The standard InChI is InChI=1S/C27H30F4N2O4/c28-20-4-2-19(3-5-20)26(36)7-11-32(12-8-26)17-23(34)27(37)9-13-33(14-10-27)24(35)6-1-18-15-21(29)25(31)22(30)16-18/h1-6,15-16,23,34,36-37H,7-14,17H2. The molecule has 2 aliphatic rings. The van der Waals surface area contributed by atoms with E-state index in [-0.39, 0.29) is 43.9 Å². The fourth-order valence-corrected chi connectivity index (χ4v) is 4.96. The maximum absolute atomic E-state index is 13.4.